The average molecular weight is 251 g/mol. The van der Waals surface area contributed by atoms with E-state index in [0.717, 1.165) is 25.4 Å². The molecular formula is C13H21N3O2. The number of ether oxygens (including phenoxy) is 1. The maximum Gasteiger partial charge on any atom is 0.140 e. The molecule has 0 saturated heterocycles. The van der Waals surface area contributed by atoms with Gasteiger partial charge in [-0.25, -0.2) is 0 Å². The van der Waals surface area contributed by atoms with Crippen LogP contribution >= 0.6 is 0 Å². The highest BCUT2D eigenvalue weighted by Gasteiger charge is 2.04. The molecule has 0 aliphatic rings. The minimum absolute atomic E-state index is 0.262. The molecular weight excluding hydrogens is 230 g/mol. The first kappa shape index (κ1) is 14.3. The smallest absolute Gasteiger partial charge is 0.140 e. The Hall–Kier alpha value is -1.75. The molecule has 0 heterocycles. The summed E-state index contributed by atoms with van der Waals surface area (Å²) in [5.74, 6) is 1.14. The van der Waals surface area contributed by atoms with Crippen LogP contribution in [-0.2, 0) is 0 Å². The minimum atomic E-state index is 0.262. The van der Waals surface area contributed by atoms with Gasteiger partial charge in [0.2, 0.25) is 0 Å². The second kappa shape index (κ2) is 8.36. The lowest BCUT2D eigenvalue weighted by Crippen LogP contribution is -2.31. The zero-order valence-corrected chi connectivity index (χ0v) is 10.7. The monoisotopic (exact) mass is 251 g/mol. The number of nitrogens with zero attached hydrogens (tertiary/aromatic N) is 2. The van der Waals surface area contributed by atoms with Crippen LogP contribution in [0.3, 0.4) is 0 Å². The van der Waals surface area contributed by atoms with Crippen molar-refractivity contribution in [1.29, 1.82) is 0 Å². The summed E-state index contributed by atoms with van der Waals surface area (Å²) < 4.78 is 5.62. The van der Waals surface area contributed by atoms with Gasteiger partial charge in [0, 0.05) is 19.5 Å². The van der Waals surface area contributed by atoms with Crippen LogP contribution in [0.4, 0.5) is 0 Å². The molecule has 0 saturated carbocycles. The molecule has 1 aromatic carbocycles. The van der Waals surface area contributed by atoms with Crippen molar-refractivity contribution in [2.45, 2.75) is 13.3 Å². The van der Waals surface area contributed by atoms with Crippen LogP contribution in [0.25, 0.3) is 0 Å². The van der Waals surface area contributed by atoms with Crippen LogP contribution in [-0.4, -0.2) is 42.2 Å². The van der Waals surface area contributed by atoms with Gasteiger partial charge in [-0.2, -0.15) is 0 Å². The number of rotatable bonds is 8. The Kier molecular flexibility index (Phi) is 6.64. The Morgan fingerprint density at radius 2 is 2.06 bits per heavy atom. The van der Waals surface area contributed by atoms with Gasteiger partial charge in [0.25, 0.3) is 0 Å². The molecule has 0 aromatic heterocycles. The number of hydrogen-bond acceptors (Lipinski definition) is 4. The lowest BCUT2D eigenvalue weighted by atomic mass is 10.3. The number of likely N-dealkylation sites (N-methyl/N-ethyl adjacent to an activating group) is 1. The number of oxime groups is 1. The second-order valence-corrected chi connectivity index (χ2v) is 3.94. The minimum Gasteiger partial charge on any atom is -0.492 e. The molecule has 0 bridgehead atoms. The Bertz CT molecular complexity index is 355. The van der Waals surface area contributed by atoms with E-state index < -0.39 is 0 Å². The molecule has 0 aliphatic heterocycles. The number of amidine groups is 1. The van der Waals surface area contributed by atoms with Gasteiger partial charge >= 0.3 is 0 Å². The van der Waals surface area contributed by atoms with Crippen LogP contribution in [0.1, 0.15) is 13.3 Å². The first-order chi connectivity index (χ1) is 8.76. The molecule has 0 spiro atoms. The summed E-state index contributed by atoms with van der Waals surface area (Å²) in [5.41, 5.74) is 5.44. The molecule has 1 rings (SSSR count). The summed E-state index contributed by atoms with van der Waals surface area (Å²) in [5, 5.41) is 11.4. The molecule has 18 heavy (non-hydrogen) atoms. The van der Waals surface area contributed by atoms with E-state index in [2.05, 4.69) is 17.0 Å². The molecule has 0 aliphatic carbocycles. The summed E-state index contributed by atoms with van der Waals surface area (Å²) in [6.07, 6.45) is 0.565. The van der Waals surface area contributed by atoms with Crippen LogP contribution < -0.4 is 10.5 Å². The molecule has 5 heteroatoms. The van der Waals surface area contributed by atoms with Crippen molar-refractivity contribution in [1.82, 2.24) is 4.90 Å². The van der Waals surface area contributed by atoms with E-state index in [1.807, 2.05) is 30.3 Å². The van der Waals surface area contributed by atoms with Gasteiger partial charge in [0.05, 0.1) is 0 Å². The largest absolute Gasteiger partial charge is 0.492 e. The fourth-order valence-electron chi connectivity index (χ4n) is 1.56. The van der Waals surface area contributed by atoms with E-state index in [9.17, 15) is 0 Å². The van der Waals surface area contributed by atoms with Gasteiger partial charge in [-0.05, 0) is 18.7 Å². The molecule has 5 nitrogen and oxygen atoms in total. The zero-order chi connectivity index (χ0) is 13.2. The van der Waals surface area contributed by atoms with Gasteiger partial charge in [-0.3, -0.25) is 4.90 Å². The molecule has 0 fully saturated rings. The SMILES string of the molecule is CCN(CCOc1ccccc1)CC/C(N)=N/O. The normalized spacial score (nSPS) is 11.8. The van der Waals surface area contributed by atoms with Crippen LogP contribution in [0, 0.1) is 0 Å². The third-order valence-electron chi connectivity index (χ3n) is 2.68. The van der Waals surface area contributed by atoms with Gasteiger partial charge in [-0.15, -0.1) is 0 Å². The standard InChI is InChI=1S/C13H21N3O2/c1-2-16(9-8-13(14)15-17)10-11-18-12-6-4-3-5-7-12/h3-7,17H,2,8-11H2,1H3,(H2,14,15). The van der Waals surface area contributed by atoms with Crippen LogP contribution in [0.2, 0.25) is 0 Å². The van der Waals surface area contributed by atoms with Crippen molar-refractivity contribution < 1.29 is 9.94 Å². The first-order valence-corrected chi connectivity index (χ1v) is 6.13. The highest BCUT2D eigenvalue weighted by molar-refractivity contribution is 5.79. The quantitative estimate of drug-likeness (QED) is 0.318. The Balaban J connectivity index is 2.23. The molecule has 0 amide bonds. The van der Waals surface area contributed by atoms with E-state index in [1.54, 1.807) is 0 Å². The fourth-order valence-corrected chi connectivity index (χ4v) is 1.56. The zero-order valence-electron chi connectivity index (χ0n) is 10.7. The van der Waals surface area contributed by atoms with Crippen molar-refractivity contribution in [2.75, 3.05) is 26.2 Å². The highest BCUT2D eigenvalue weighted by atomic mass is 16.5. The lowest BCUT2D eigenvalue weighted by Gasteiger charge is -2.20. The van der Waals surface area contributed by atoms with Gasteiger partial charge in [0.1, 0.15) is 18.2 Å². The second-order valence-electron chi connectivity index (χ2n) is 3.94. The van der Waals surface area contributed by atoms with Gasteiger partial charge in [-0.1, -0.05) is 30.3 Å². The van der Waals surface area contributed by atoms with Crippen LogP contribution in [0.5, 0.6) is 5.75 Å². The topological polar surface area (TPSA) is 71.1 Å². The number of hydrogen-bond donors (Lipinski definition) is 2. The van der Waals surface area contributed by atoms with Crippen molar-refractivity contribution >= 4 is 5.84 Å². The van der Waals surface area contributed by atoms with E-state index in [1.165, 1.54) is 0 Å². The van der Waals surface area contributed by atoms with E-state index in [0.29, 0.717) is 13.0 Å². The number of nitrogens with two attached hydrogens (primary N) is 1. The Labute approximate surface area is 108 Å². The van der Waals surface area contributed by atoms with E-state index >= 15 is 0 Å². The Morgan fingerprint density at radius 3 is 2.67 bits per heavy atom. The fraction of sp³-hybridized carbons (Fsp3) is 0.462. The van der Waals surface area contributed by atoms with Crippen molar-refractivity contribution in [3.63, 3.8) is 0 Å². The predicted molar refractivity (Wildman–Crippen MR) is 72.1 cm³/mol. The van der Waals surface area contributed by atoms with Crippen molar-refractivity contribution in [3.8, 4) is 5.75 Å². The first-order valence-electron chi connectivity index (χ1n) is 6.13. The van der Waals surface area contributed by atoms with Crippen molar-refractivity contribution in [3.05, 3.63) is 30.3 Å². The van der Waals surface area contributed by atoms with Gasteiger partial charge < -0.3 is 15.7 Å². The predicted octanol–water partition coefficient (Wildman–Crippen LogP) is 1.52. The molecule has 1 aromatic rings. The summed E-state index contributed by atoms with van der Waals surface area (Å²) in [6.45, 7) is 5.22. The summed E-state index contributed by atoms with van der Waals surface area (Å²) in [7, 11) is 0. The summed E-state index contributed by atoms with van der Waals surface area (Å²) >= 11 is 0. The summed E-state index contributed by atoms with van der Waals surface area (Å²) in [4.78, 5) is 2.20. The van der Waals surface area contributed by atoms with Gasteiger partial charge in [0.15, 0.2) is 0 Å². The Morgan fingerprint density at radius 1 is 1.33 bits per heavy atom. The highest BCUT2D eigenvalue weighted by Crippen LogP contribution is 2.07. The molecule has 0 radical (unpaired) electrons. The van der Waals surface area contributed by atoms with Crippen molar-refractivity contribution in [2.24, 2.45) is 10.9 Å². The third-order valence-corrected chi connectivity index (χ3v) is 2.68. The molecule has 100 valence electrons. The molecule has 0 unspecified atom stereocenters. The van der Waals surface area contributed by atoms with Crippen LogP contribution in [0.15, 0.2) is 35.5 Å². The average Bonchev–Trinajstić information content (AvgIpc) is 2.43. The maximum atomic E-state index is 8.46. The maximum absolute atomic E-state index is 8.46. The third kappa shape index (κ3) is 5.54. The summed E-state index contributed by atoms with van der Waals surface area (Å²) in [6, 6.07) is 9.73. The number of para-hydroxylation sites is 1. The van der Waals surface area contributed by atoms with E-state index in [-0.39, 0.29) is 5.84 Å². The lowest BCUT2D eigenvalue weighted by molar-refractivity contribution is 0.218. The number of benzene rings is 1. The molecule has 3 N–H and O–H groups in total. The van der Waals surface area contributed by atoms with E-state index in [4.69, 9.17) is 15.7 Å². The molecule has 0 atom stereocenters.